The summed E-state index contributed by atoms with van der Waals surface area (Å²) >= 11 is 1.53. The van der Waals surface area contributed by atoms with Gasteiger partial charge < -0.3 is 15.3 Å². The number of carbonyl (C=O) groups is 3. The first-order valence-electron chi connectivity index (χ1n) is 7.40. The van der Waals surface area contributed by atoms with Crippen molar-refractivity contribution in [2.75, 3.05) is 23.5 Å². The fraction of sp³-hybridized carbons (Fsp3) is 0.438. The number of nitrogens with zero attached hydrogens (tertiary/aromatic N) is 1. The van der Waals surface area contributed by atoms with Crippen LogP contribution in [0.15, 0.2) is 30.3 Å². The molecular weight excluding hydrogens is 316 g/mol. The first kappa shape index (κ1) is 17.3. The molecule has 2 rings (SSSR count). The quantitative estimate of drug-likeness (QED) is 0.785. The number of hydrogen-bond acceptors (Lipinski definition) is 4. The molecule has 0 saturated carbocycles. The van der Waals surface area contributed by atoms with Crippen molar-refractivity contribution in [3.63, 3.8) is 0 Å². The molecule has 7 heteroatoms. The summed E-state index contributed by atoms with van der Waals surface area (Å²) in [6, 6.07) is 8.25. The third kappa shape index (κ3) is 4.48. The summed E-state index contributed by atoms with van der Waals surface area (Å²) in [5.74, 6) is -1.40. The van der Waals surface area contributed by atoms with E-state index in [-0.39, 0.29) is 24.8 Å². The van der Waals surface area contributed by atoms with Crippen LogP contribution in [0.4, 0.5) is 5.69 Å². The van der Waals surface area contributed by atoms with Gasteiger partial charge in [0.1, 0.15) is 6.04 Å². The third-order valence-electron chi connectivity index (χ3n) is 3.79. The van der Waals surface area contributed by atoms with Crippen LogP contribution in [0.5, 0.6) is 0 Å². The first-order chi connectivity index (χ1) is 11.0. The number of carboxylic acids is 1. The highest BCUT2D eigenvalue weighted by Crippen LogP contribution is 2.25. The summed E-state index contributed by atoms with van der Waals surface area (Å²) in [6.45, 7) is 0.281. The van der Waals surface area contributed by atoms with E-state index in [0.29, 0.717) is 12.2 Å². The SMILES string of the molecule is CSCC[C@@H](NC(=O)[C@@H]1CC(=O)N(c2ccccc2)C1)C(=O)O. The molecule has 124 valence electrons. The molecule has 1 saturated heterocycles. The predicted molar refractivity (Wildman–Crippen MR) is 89.5 cm³/mol. The largest absolute Gasteiger partial charge is 0.480 e. The Labute approximate surface area is 139 Å². The minimum Gasteiger partial charge on any atom is -0.480 e. The van der Waals surface area contributed by atoms with Crippen LogP contribution in [0.25, 0.3) is 0 Å². The van der Waals surface area contributed by atoms with Gasteiger partial charge in [-0.25, -0.2) is 4.79 Å². The van der Waals surface area contributed by atoms with Gasteiger partial charge in [-0.05, 0) is 30.6 Å². The Hall–Kier alpha value is -2.02. The van der Waals surface area contributed by atoms with Crippen molar-refractivity contribution in [2.45, 2.75) is 18.9 Å². The molecule has 6 nitrogen and oxygen atoms in total. The van der Waals surface area contributed by atoms with E-state index in [4.69, 9.17) is 0 Å². The molecule has 1 aromatic rings. The molecule has 2 N–H and O–H groups in total. The summed E-state index contributed by atoms with van der Waals surface area (Å²) in [7, 11) is 0. The lowest BCUT2D eigenvalue weighted by atomic mass is 10.1. The van der Waals surface area contributed by atoms with E-state index in [1.54, 1.807) is 4.90 Å². The van der Waals surface area contributed by atoms with E-state index in [1.807, 2.05) is 36.6 Å². The highest BCUT2D eigenvalue weighted by molar-refractivity contribution is 7.98. The Kier molecular flexibility index (Phi) is 6.04. The Bertz CT molecular complexity index is 579. The van der Waals surface area contributed by atoms with Crippen molar-refractivity contribution in [2.24, 2.45) is 5.92 Å². The third-order valence-corrected chi connectivity index (χ3v) is 4.43. The first-order valence-corrected chi connectivity index (χ1v) is 8.80. The van der Waals surface area contributed by atoms with Crippen molar-refractivity contribution in [3.8, 4) is 0 Å². The van der Waals surface area contributed by atoms with E-state index < -0.39 is 17.9 Å². The Morgan fingerprint density at radius 2 is 2.09 bits per heavy atom. The second kappa shape index (κ2) is 8.01. The number of para-hydroxylation sites is 1. The minimum absolute atomic E-state index is 0.107. The van der Waals surface area contributed by atoms with E-state index >= 15 is 0 Å². The van der Waals surface area contributed by atoms with Gasteiger partial charge in [0, 0.05) is 18.7 Å². The van der Waals surface area contributed by atoms with Crippen molar-refractivity contribution >= 4 is 35.2 Å². The lowest BCUT2D eigenvalue weighted by molar-refractivity contribution is -0.142. The van der Waals surface area contributed by atoms with Gasteiger partial charge in [-0.15, -0.1) is 0 Å². The molecule has 23 heavy (non-hydrogen) atoms. The molecular formula is C16H20N2O4S. The summed E-state index contributed by atoms with van der Waals surface area (Å²) in [5.41, 5.74) is 0.755. The lowest BCUT2D eigenvalue weighted by Gasteiger charge is -2.18. The van der Waals surface area contributed by atoms with E-state index in [0.717, 1.165) is 5.69 Å². The monoisotopic (exact) mass is 336 g/mol. The van der Waals surface area contributed by atoms with E-state index in [1.165, 1.54) is 11.8 Å². The molecule has 1 fully saturated rings. The lowest BCUT2D eigenvalue weighted by Crippen LogP contribution is -2.44. The predicted octanol–water partition coefficient (Wildman–Crippen LogP) is 1.36. The van der Waals surface area contributed by atoms with E-state index in [9.17, 15) is 19.5 Å². The summed E-state index contributed by atoms with van der Waals surface area (Å²) in [5, 5.41) is 11.7. The van der Waals surface area contributed by atoms with Crippen LogP contribution in [0.2, 0.25) is 0 Å². The van der Waals surface area contributed by atoms with Crippen LogP contribution < -0.4 is 10.2 Å². The molecule has 0 aliphatic carbocycles. The van der Waals surface area contributed by atoms with Crippen LogP contribution in [0.1, 0.15) is 12.8 Å². The number of anilines is 1. The number of aliphatic carboxylic acids is 1. The number of thioether (sulfide) groups is 1. The van der Waals surface area contributed by atoms with Crippen LogP contribution in [-0.4, -0.2) is 47.5 Å². The molecule has 0 aromatic heterocycles. The fourth-order valence-electron chi connectivity index (χ4n) is 2.52. The van der Waals surface area contributed by atoms with Crippen molar-refractivity contribution < 1.29 is 19.5 Å². The number of carbonyl (C=O) groups excluding carboxylic acids is 2. The maximum atomic E-state index is 12.3. The number of nitrogens with one attached hydrogen (secondary N) is 1. The Morgan fingerprint density at radius 1 is 1.39 bits per heavy atom. The number of amides is 2. The van der Waals surface area contributed by atoms with Crippen LogP contribution in [0.3, 0.4) is 0 Å². The normalized spacial score (nSPS) is 18.7. The molecule has 0 unspecified atom stereocenters. The molecule has 0 spiro atoms. The zero-order valence-corrected chi connectivity index (χ0v) is 13.7. The second-order valence-electron chi connectivity index (χ2n) is 5.42. The van der Waals surface area contributed by atoms with Gasteiger partial charge in [0.15, 0.2) is 0 Å². The maximum Gasteiger partial charge on any atom is 0.326 e. The average molecular weight is 336 g/mol. The summed E-state index contributed by atoms with van der Waals surface area (Å²) < 4.78 is 0. The zero-order valence-electron chi connectivity index (χ0n) is 12.9. The Balaban J connectivity index is 1.98. The minimum atomic E-state index is -1.04. The summed E-state index contributed by atoms with van der Waals surface area (Å²) in [6.07, 6.45) is 2.36. The molecule has 1 heterocycles. The number of rotatable bonds is 7. The van der Waals surface area contributed by atoms with Crippen molar-refractivity contribution in [3.05, 3.63) is 30.3 Å². The maximum absolute atomic E-state index is 12.3. The highest BCUT2D eigenvalue weighted by atomic mass is 32.2. The van der Waals surface area contributed by atoms with Gasteiger partial charge in [0.05, 0.1) is 5.92 Å². The smallest absolute Gasteiger partial charge is 0.326 e. The molecule has 1 aliphatic heterocycles. The number of hydrogen-bond donors (Lipinski definition) is 2. The van der Waals surface area contributed by atoms with E-state index in [2.05, 4.69) is 5.32 Å². The average Bonchev–Trinajstić information content (AvgIpc) is 2.93. The molecule has 2 atom stereocenters. The van der Waals surface area contributed by atoms with Gasteiger partial charge in [-0.1, -0.05) is 18.2 Å². The molecule has 1 aliphatic rings. The topological polar surface area (TPSA) is 86.7 Å². The van der Waals surface area contributed by atoms with Crippen molar-refractivity contribution in [1.82, 2.24) is 5.32 Å². The van der Waals surface area contributed by atoms with Gasteiger partial charge in [-0.3, -0.25) is 9.59 Å². The molecule has 2 amide bonds. The number of carboxylic acid groups (broad SMARTS) is 1. The standard InChI is InChI=1S/C16H20N2O4S/c1-23-8-7-13(16(21)22)17-15(20)11-9-14(19)18(10-11)12-5-3-2-4-6-12/h2-6,11,13H,7-10H2,1H3,(H,17,20)(H,21,22)/t11-,13-/m1/s1. The second-order valence-corrected chi connectivity index (χ2v) is 6.41. The van der Waals surface area contributed by atoms with Crippen molar-refractivity contribution in [1.29, 1.82) is 0 Å². The van der Waals surface area contributed by atoms with Gasteiger partial charge in [0.2, 0.25) is 11.8 Å². The Morgan fingerprint density at radius 3 is 2.70 bits per heavy atom. The van der Waals surface area contributed by atoms with Crippen LogP contribution in [0, 0.1) is 5.92 Å². The number of benzene rings is 1. The molecule has 0 bridgehead atoms. The zero-order chi connectivity index (χ0) is 16.8. The van der Waals surface area contributed by atoms with Crippen LogP contribution in [-0.2, 0) is 14.4 Å². The van der Waals surface area contributed by atoms with Crippen LogP contribution >= 0.6 is 11.8 Å². The highest BCUT2D eigenvalue weighted by Gasteiger charge is 2.36. The summed E-state index contributed by atoms with van der Waals surface area (Å²) in [4.78, 5) is 37.2. The fourth-order valence-corrected chi connectivity index (χ4v) is 2.99. The van der Waals surface area contributed by atoms with Gasteiger partial charge >= 0.3 is 5.97 Å². The van der Waals surface area contributed by atoms with Gasteiger partial charge in [0.25, 0.3) is 0 Å². The molecule has 1 aromatic carbocycles. The van der Waals surface area contributed by atoms with Gasteiger partial charge in [-0.2, -0.15) is 11.8 Å². The molecule has 0 radical (unpaired) electrons.